The Bertz CT molecular complexity index is 1420. The number of benzene rings is 2. The van der Waals surface area contributed by atoms with Gasteiger partial charge in [0.1, 0.15) is 17.6 Å². The summed E-state index contributed by atoms with van der Waals surface area (Å²) in [6, 6.07) is 9.95. The van der Waals surface area contributed by atoms with Gasteiger partial charge in [-0.15, -0.1) is 0 Å². The second-order valence-electron chi connectivity index (χ2n) is 7.01. The quantitative estimate of drug-likeness (QED) is 0.547. The molecule has 1 aliphatic rings. The minimum Gasteiger partial charge on any atom is -0.496 e. The van der Waals surface area contributed by atoms with E-state index in [0.717, 1.165) is 0 Å². The third-order valence-electron chi connectivity index (χ3n) is 5.08. The van der Waals surface area contributed by atoms with E-state index in [9.17, 15) is 14.0 Å². The van der Waals surface area contributed by atoms with Crippen LogP contribution in [0.15, 0.2) is 63.5 Å². The van der Waals surface area contributed by atoms with Crippen molar-refractivity contribution in [2.24, 2.45) is 4.99 Å². The lowest BCUT2D eigenvalue weighted by atomic mass is 9.95. The predicted molar refractivity (Wildman–Crippen MR) is 120 cm³/mol. The number of carbonyl (C=O) groups is 1. The molecule has 0 aliphatic carbocycles. The molecule has 0 unspecified atom stereocenters. The molecule has 1 atom stereocenters. The fourth-order valence-electron chi connectivity index (χ4n) is 3.62. The van der Waals surface area contributed by atoms with Crippen LogP contribution < -0.4 is 19.6 Å². The maximum Gasteiger partial charge on any atom is 0.338 e. The lowest BCUT2D eigenvalue weighted by molar-refractivity contribution is -0.136. The Kier molecular flexibility index (Phi) is 5.99. The van der Waals surface area contributed by atoms with Crippen LogP contribution in [0.3, 0.4) is 0 Å². The van der Waals surface area contributed by atoms with Crippen molar-refractivity contribution in [3.05, 3.63) is 95.4 Å². The average molecular weight is 473 g/mol. The van der Waals surface area contributed by atoms with Gasteiger partial charge in [-0.2, -0.15) is 0 Å². The van der Waals surface area contributed by atoms with Crippen LogP contribution in [-0.4, -0.2) is 24.8 Å². The standard InChI is InChI=1S/C23H18ClFN2O4S/c1-12-19(22(29)31-3)20(16-11-14(24)6-9-17(16)30-2)27-21(28)18(32-23(27)26-12)10-13-4-7-15(25)8-5-13/h4-11,20H,1-3H3/b18-10-/t20-/m0/s1. The monoisotopic (exact) mass is 472 g/mol. The van der Waals surface area contributed by atoms with Gasteiger partial charge in [-0.25, -0.2) is 14.2 Å². The summed E-state index contributed by atoms with van der Waals surface area (Å²) in [5.74, 6) is -0.510. The number of esters is 1. The Morgan fingerprint density at radius 1 is 1.22 bits per heavy atom. The van der Waals surface area contributed by atoms with Crippen LogP contribution in [0.4, 0.5) is 4.39 Å². The SMILES string of the molecule is COC(=O)C1=C(C)N=c2s/c(=C\c3ccc(F)cc3)c(=O)n2[C@H]1c1cc(Cl)ccc1OC. The van der Waals surface area contributed by atoms with Crippen molar-refractivity contribution in [1.82, 2.24) is 4.57 Å². The van der Waals surface area contributed by atoms with Gasteiger partial charge in [-0.05, 0) is 48.9 Å². The minimum absolute atomic E-state index is 0.216. The number of thiazole rings is 1. The van der Waals surface area contributed by atoms with E-state index in [2.05, 4.69) is 4.99 Å². The molecular weight excluding hydrogens is 455 g/mol. The first-order valence-corrected chi connectivity index (χ1v) is 10.7. The zero-order chi connectivity index (χ0) is 23.0. The average Bonchev–Trinajstić information content (AvgIpc) is 3.08. The molecule has 0 spiro atoms. The van der Waals surface area contributed by atoms with Crippen molar-refractivity contribution >= 4 is 35.0 Å². The molecule has 0 radical (unpaired) electrons. The van der Waals surface area contributed by atoms with Gasteiger partial charge in [-0.3, -0.25) is 9.36 Å². The summed E-state index contributed by atoms with van der Waals surface area (Å²) in [6.07, 6.45) is 1.66. The van der Waals surface area contributed by atoms with Gasteiger partial charge in [0.15, 0.2) is 4.80 Å². The number of fused-ring (bicyclic) bond motifs is 1. The van der Waals surface area contributed by atoms with Crippen LogP contribution in [0, 0.1) is 5.82 Å². The summed E-state index contributed by atoms with van der Waals surface area (Å²) >= 11 is 7.43. The smallest absolute Gasteiger partial charge is 0.338 e. The zero-order valence-electron chi connectivity index (χ0n) is 17.4. The van der Waals surface area contributed by atoms with Crippen LogP contribution in [-0.2, 0) is 9.53 Å². The number of ether oxygens (including phenoxy) is 2. The molecule has 2 aromatic carbocycles. The van der Waals surface area contributed by atoms with Gasteiger partial charge in [0.25, 0.3) is 5.56 Å². The zero-order valence-corrected chi connectivity index (χ0v) is 19.0. The molecule has 164 valence electrons. The molecule has 4 rings (SSSR count). The fourth-order valence-corrected chi connectivity index (χ4v) is 4.84. The van der Waals surface area contributed by atoms with Crippen molar-refractivity contribution in [1.29, 1.82) is 0 Å². The Hall–Kier alpha value is -3.23. The van der Waals surface area contributed by atoms with Crippen LogP contribution in [0.5, 0.6) is 5.75 Å². The second-order valence-corrected chi connectivity index (χ2v) is 8.46. The van der Waals surface area contributed by atoms with Crippen LogP contribution in [0.2, 0.25) is 5.02 Å². The minimum atomic E-state index is -0.845. The number of hydrogen-bond donors (Lipinski definition) is 0. The lowest BCUT2D eigenvalue weighted by Gasteiger charge is -2.25. The highest BCUT2D eigenvalue weighted by Gasteiger charge is 2.35. The van der Waals surface area contributed by atoms with Gasteiger partial charge >= 0.3 is 5.97 Å². The molecule has 1 aromatic heterocycles. The van der Waals surface area contributed by atoms with E-state index >= 15 is 0 Å². The highest BCUT2D eigenvalue weighted by molar-refractivity contribution is 7.07. The molecule has 0 N–H and O–H groups in total. The van der Waals surface area contributed by atoms with Crippen molar-refractivity contribution in [3.8, 4) is 5.75 Å². The number of aromatic nitrogens is 1. The van der Waals surface area contributed by atoms with Gasteiger partial charge < -0.3 is 9.47 Å². The van der Waals surface area contributed by atoms with E-state index in [-0.39, 0.29) is 16.9 Å². The van der Waals surface area contributed by atoms with Crippen molar-refractivity contribution in [3.63, 3.8) is 0 Å². The highest BCUT2D eigenvalue weighted by atomic mass is 35.5. The molecule has 0 bridgehead atoms. The summed E-state index contributed by atoms with van der Waals surface area (Å²) in [4.78, 5) is 31.1. The Balaban J connectivity index is 2.02. The summed E-state index contributed by atoms with van der Waals surface area (Å²) in [7, 11) is 2.77. The molecule has 0 fully saturated rings. The lowest BCUT2D eigenvalue weighted by Crippen LogP contribution is -2.40. The number of nitrogens with zero attached hydrogens (tertiary/aromatic N) is 2. The third kappa shape index (κ3) is 3.87. The summed E-state index contributed by atoms with van der Waals surface area (Å²) < 4.78 is 25.6. The van der Waals surface area contributed by atoms with Crippen LogP contribution in [0.25, 0.3) is 6.08 Å². The number of rotatable bonds is 4. The van der Waals surface area contributed by atoms with Gasteiger partial charge in [0, 0.05) is 10.6 Å². The fraction of sp³-hybridized carbons (Fsp3) is 0.174. The van der Waals surface area contributed by atoms with Gasteiger partial charge in [0.05, 0.1) is 30.0 Å². The van der Waals surface area contributed by atoms with E-state index in [0.29, 0.717) is 36.9 Å². The van der Waals surface area contributed by atoms with E-state index in [1.165, 1.54) is 42.3 Å². The molecule has 1 aliphatic heterocycles. The molecule has 32 heavy (non-hydrogen) atoms. The first-order valence-electron chi connectivity index (χ1n) is 9.54. The Morgan fingerprint density at radius 3 is 2.59 bits per heavy atom. The number of methoxy groups -OCH3 is 2. The Labute approximate surface area is 191 Å². The largest absolute Gasteiger partial charge is 0.496 e. The molecular formula is C23H18ClFN2O4S. The summed E-state index contributed by atoms with van der Waals surface area (Å²) in [5.41, 5.74) is 1.49. The van der Waals surface area contributed by atoms with Gasteiger partial charge in [0.2, 0.25) is 0 Å². The molecule has 3 aromatic rings. The van der Waals surface area contributed by atoms with Crippen molar-refractivity contribution < 1.29 is 18.7 Å². The molecule has 0 saturated carbocycles. The normalized spacial score (nSPS) is 15.9. The number of halogens is 2. The molecule has 6 nitrogen and oxygen atoms in total. The predicted octanol–water partition coefficient (Wildman–Crippen LogP) is 3.21. The summed E-state index contributed by atoms with van der Waals surface area (Å²) in [6.45, 7) is 1.69. The van der Waals surface area contributed by atoms with Crippen molar-refractivity contribution in [2.75, 3.05) is 14.2 Å². The molecule has 9 heteroatoms. The topological polar surface area (TPSA) is 69.9 Å². The second kappa shape index (κ2) is 8.72. The highest BCUT2D eigenvalue weighted by Crippen LogP contribution is 2.37. The maximum atomic E-state index is 13.5. The number of hydrogen-bond acceptors (Lipinski definition) is 6. The Morgan fingerprint density at radius 2 is 1.94 bits per heavy atom. The third-order valence-corrected chi connectivity index (χ3v) is 6.30. The maximum absolute atomic E-state index is 13.5. The molecule has 0 amide bonds. The van der Waals surface area contributed by atoms with Crippen LogP contribution in [0.1, 0.15) is 24.1 Å². The van der Waals surface area contributed by atoms with E-state index in [4.69, 9.17) is 21.1 Å². The molecule has 0 saturated heterocycles. The first-order chi connectivity index (χ1) is 15.3. The van der Waals surface area contributed by atoms with Gasteiger partial charge in [-0.1, -0.05) is 35.1 Å². The van der Waals surface area contributed by atoms with E-state index in [1.807, 2.05) is 0 Å². The number of carbonyl (C=O) groups excluding carboxylic acids is 1. The number of allylic oxidation sites excluding steroid dienone is 1. The molecule has 2 heterocycles. The first kappa shape index (κ1) is 22.0. The summed E-state index contributed by atoms with van der Waals surface area (Å²) in [5, 5.41) is 0.424. The van der Waals surface area contributed by atoms with Crippen molar-refractivity contribution in [2.45, 2.75) is 13.0 Å². The van der Waals surface area contributed by atoms with E-state index < -0.39 is 12.0 Å². The van der Waals surface area contributed by atoms with E-state index in [1.54, 1.807) is 43.3 Å². The van der Waals surface area contributed by atoms with Crippen LogP contribution >= 0.6 is 22.9 Å².